The van der Waals surface area contributed by atoms with Gasteiger partial charge in [0.2, 0.25) is 0 Å². The second kappa shape index (κ2) is 8.52. The zero-order valence-electron chi connectivity index (χ0n) is 15.1. The molecule has 0 amide bonds. The molecule has 4 N–H and O–H groups in total. The van der Waals surface area contributed by atoms with Crippen LogP contribution in [0.2, 0.25) is 0 Å². The zero-order chi connectivity index (χ0) is 18.4. The van der Waals surface area contributed by atoms with Crippen molar-refractivity contribution in [2.45, 2.75) is 25.8 Å². The Labute approximate surface area is 155 Å². The Balaban J connectivity index is 1.42. The van der Waals surface area contributed by atoms with Crippen LogP contribution in [0.5, 0.6) is 0 Å². The van der Waals surface area contributed by atoms with Gasteiger partial charge in [-0.25, -0.2) is 0 Å². The summed E-state index contributed by atoms with van der Waals surface area (Å²) in [5.74, 6) is 1.83. The van der Waals surface area contributed by atoms with Gasteiger partial charge in [0.05, 0.1) is 5.82 Å². The lowest BCUT2D eigenvalue weighted by molar-refractivity contribution is 0.214. The number of rotatable bonds is 7. The Morgan fingerprint density at radius 2 is 1.77 bits per heavy atom. The first-order valence-corrected chi connectivity index (χ1v) is 9.12. The van der Waals surface area contributed by atoms with Gasteiger partial charge in [0, 0.05) is 37.6 Å². The maximum atomic E-state index is 7.44. The summed E-state index contributed by atoms with van der Waals surface area (Å²) in [4.78, 5) is 6.43. The van der Waals surface area contributed by atoms with Gasteiger partial charge in [-0.2, -0.15) is 0 Å². The molecule has 1 aliphatic rings. The highest BCUT2D eigenvalue weighted by Crippen LogP contribution is 2.23. The molecule has 5 nitrogen and oxygen atoms in total. The SMILES string of the molecule is C=C(NCc1ccc(C(=N)N)cc1)N1CCC(Cc2ccncc2)CC1. The molecule has 136 valence electrons. The summed E-state index contributed by atoms with van der Waals surface area (Å²) in [7, 11) is 0. The molecule has 2 aromatic rings. The highest BCUT2D eigenvalue weighted by atomic mass is 15.2. The number of pyridine rings is 1. The Kier molecular flexibility index (Phi) is 5.89. The molecule has 1 aromatic carbocycles. The first-order valence-electron chi connectivity index (χ1n) is 9.12. The number of hydrogen-bond donors (Lipinski definition) is 3. The van der Waals surface area contributed by atoms with Crippen molar-refractivity contribution in [3.63, 3.8) is 0 Å². The van der Waals surface area contributed by atoms with E-state index in [1.54, 1.807) is 0 Å². The molecule has 1 saturated heterocycles. The summed E-state index contributed by atoms with van der Waals surface area (Å²) in [5, 5.41) is 10.9. The summed E-state index contributed by atoms with van der Waals surface area (Å²) in [6, 6.07) is 12.0. The summed E-state index contributed by atoms with van der Waals surface area (Å²) < 4.78 is 0. The highest BCUT2D eigenvalue weighted by Gasteiger charge is 2.20. The summed E-state index contributed by atoms with van der Waals surface area (Å²) in [6.07, 6.45) is 7.27. The lowest BCUT2D eigenvalue weighted by atomic mass is 9.90. The van der Waals surface area contributed by atoms with Crippen LogP contribution in [0.25, 0.3) is 0 Å². The molecule has 0 aliphatic carbocycles. The van der Waals surface area contributed by atoms with Crippen LogP contribution in [0, 0.1) is 11.3 Å². The maximum absolute atomic E-state index is 7.44. The van der Waals surface area contributed by atoms with Gasteiger partial charge in [0.1, 0.15) is 5.84 Å². The highest BCUT2D eigenvalue weighted by molar-refractivity contribution is 5.94. The van der Waals surface area contributed by atoms with Crippen molar-refractivity contribution in [2.75, 3.05) is 13.1 Å². The average Bonchev–Trinajstić information content (AvgIpc) is 2.68. The summed E-state index contributed by atoms with van der Waals surface area (Å²) in [5.41, 5.74) is 8.78. The molecule has 0 atom stereocenters. The van der Waals surface area contributed by atoms with Gasteiger partial charge in [-0.1, -0.05) is 30.8 Å². The molecule has 2 heterocycles. The molecular weight excluding hydrogens is 322 g/mol. The summed E-state index contributed by atoms with van der Waals surface area (Å²) in [6.45, 7) is 7.02. The largest absolute Gasteiger partial charge is 0.384 e. The minimum atomic E-state index is 0.101. The lowest BCUT2D eigenvalue weighted by Gasteiger charge is -2.35. The molecule has 1 fully saturated rings. The minimum Gasteiger partial charge on any atom is -0.384 e. The van der Waals surface area contributed by atoms with Gasteiger partial charge in [-0.15, -0.1) is 0 Å². The fourth-order valence-electron chi connectivity index (χ4n) is 3.38. The van der Waals surface area contributed by atoms with E-state index in [0.29, 0.717) is 0 Å². The van der Waals surface area contributed by atoms with Crippen LogP contribution < -0.4 is 11.1 Å². The Bertz CT molecular complexity index is 731. The number of nitrogens with one attached hydrogen (secondary N) is 2. The van der Waals surface area contributed by atoms with E-state index in [0.717, 1.165) is 48.9 Å². The fourth-order valence-corrected chi connectivity index (χ4v) is 3.38. The van der Waals surface area contributed by atoms with Gasteiger partial charge in [-0.05, 0) is 48.4 Å². The van der Waals surface area contributed by atoms with E-state index in [1.165, 1.54) is 18.4 Å². The molecule has 26 heavy (non-hydrogen) atoms. The fraction of sp³-hybridized carbons (Fsp3) is 0.333. The third-order valence-corrected chi connectivity index (χ3v) is 5.03. The number of nitrogen functional groups attached to an aromatic ring is 1. The third-order valence-electron chi connectivity index (χ3n) is 5.03. The van der Waals surface area contributed by atoms with E-state index in [9.17, 15) is 0 Å². The normalized spacial score (nSPS) is 14.8. The maximum Gasteiger partial charge on any atom is 0.122 e. The smallest absolute Gasteiger partial charge is 0.122 e. The molecule has 0 bridgehead atoms. The van der Waals surface area contributed by atoms with Crippen LogP contribution in [-0.4, -0.2) is 28.8 Å². The van der Waals surface area contributed by atoms with Crippen LogP contribution in [0.3, 0.4) is 0 Å². The lowest BCUT2D eigenvalue weighted by Crippen LogP contribution is -2.38. The van der Waals surface area contributed by atoms with Gasteiger partial charge in [0.25, 0.3) is 0 Å². The predicted octanol–water partition coefficient (Wildman–Crippen LogP) is 2.88. The molecule has 1 aliphatic heterocycles. The number of nitrogens with two attached hydrogens (primary N) is 1. The Hall–Kier alpha value is -2.82. The summed E-state index contributed by atoms with van der Waals surface area (Å²) >= 11 is 0. The number of aromatic nitrogens is 1. The number of piperidine rings is 1. The first kappa shape index (κ1) is 18.0. The van der Waals surface area contributed by atoms with Crippen LogP contribution in [0.15, 0.2) is 61.2 Å². The van der Waals surface area contributed by atoms with Crippen molar-refractivity contribution in [1.29, 1.82) is 5.41 Å². The number of likely N-dealkylation sites (tertiary alicyclic amines) is 1. The second-order valence-electron chi connectivity index (χ2n) is 6.90. The molecular formula is C21H27N5. The van der Waals surface area contributed by atoms with E-state index in [2.05, 4.69) is 33.9 Å². The number of amidine groups is 1. The van der Waals surface area contributed by atoms with Crippen LogP contribution in [0.4, 0.5) is 0 Å². The van der Waals surface area contributed by atoms with Crippen LogP contribution >= 0.6 is 0 Å². The standard InChI is InChI=1S/C21H27N5/c1-16(25-15-19-2-4-20(5-3-19)21(22)23)26-12-8-18(9-13-26)14-17-6-10-24-11-7-17/h2-7,10-11,18,25H,1,8-9,12-15H2,(H3,22,23). The molecule has 5 heteroatoms. The molecule has 3 rings (SSSR count). The molecule has 0 spiro atoms. The van der Waals surface area contributed by atoms with Gasteiger partial charge in [-0.3, -0.25) is 10.4 Å². The first-order chi connectivity index (χ1) is 12.6. The van der Waals surface area contributed by atoms with Crippen molar-refractivity contribution in [2.24, 2.45) is 11.7 Å². The number of nitrogens with zero attached hydrogens (tertiary/aromatic N) is 2. The van der Waals surface area contributed by atoms with E-state index in [4.69, 9.17) is 11.1 Å². The van der Waals surface area contributed by atoms with Crippen molar-refractivity contribution >= 4 is 5.84 Å². The van der Waals surface area contributed by atoms with E-state index >= 15 is 0 Å². The van der Waals surface area contributed by atoms with E-state index in [1.807, 2.05) is 36.7 Å². The third kappa shape index (κ3) is 4.85. The molecule has 0 radical (unpaired) electrons. The minimum absolute atomic E-state index is 0.101. The monoisotopic (exact) mass is 349 g/mol. The quantitative estimate of drug-likeness (QED) is 0.530. The van der Waals surface area contributed by atoms with Gasteiger partial charge in [0.15, 0.2) is 0 Å². The van der Waals surface area contributed by atoms with Crippen molar-refractivity contribution in [3.05, 3.63) is 77.9 Å². The van der Waals surface area contributed by atoms with E-state index in [-0.39, 0.29) is 5.84 Å². The van der Waals surface area contributed by atoms with Crippen molar-refractivity contribution < 1.29 is 0 Å². The number of hydrogen-bond acceptors (Lipinski definition) is 4. The zero-order valence-corrected chi connectivity index (χ0v) is 15.1. The van der Waals surface area contributed by atoms with Crippen LogP contribution in [-0.2, 0) is 13.0 Å². The molecule has 0 saturated carbocycles. The van der Waals surface area contributed by atoms with Crippen LogP contribution in [0.1, 0.15) is 29.5 Å². The van der Waals surface area contributed by atoms with Gasteiger partial charge < -0.3 is 16.0 Å². The van der Waals surface area contributed by atoms with Gasteiger partial charge >= 0.3 is 0 Å². The molecule has 0 unspecified atom stereocenters. The predicted molar refractivity (Wildman–Crippen MR) is 106 cm³/mol. The second-order valence-corrected chi connectivity index (χ2v) is 6.90. The average molecular weight is 349 g/mol. The number of benzene rings is 1. The Morgan fingerprint density at radius 1 is 1.12 bits per heavy atom. The van der Waals surface area contributed by atoms with E-state index < -0.39 is 0 Å². The van der Waals surface area contributed by atoms with Crippen molar-refractivity contribution in [1.82, 2.24) is 15.2 Å². The molecule has 1 aromatic heterocycles. The van der Waals surface area contributed by atoms with Crippen molar-refractivity contribution in [3.8, 4) is 0 Å². The topological polar surface area (TPSA) is 78.0 Å². The Morgan fingerprint density at radius 3 is 2.38 bits per heavy atom.